The molecule has 104 valence electrons. The highest BCUT2D eigenvalue weighted by atomic mass is 79.9. The first-order valence-electron chi connectivity index (χ1n) is 6.73. The molecule has 0 heterocycles. The summed E-state index contributed by atoms with van der Waals surface area (Å²) in [6, 6.07) is 4.68. The van der Waals surface area contributed by atoms with Gasteiger partial charge in [-0.25, -0.2) is 4.39 Å². The second kappa shape index (κ2) is 6.04. The minimum Gasteiger partial charge on any atom is -0.349 e. The number of amides is 1. The molecule has 1 aliphatic carbocycles. The molecule has 2 rings (SSSR count). The molecule has 0 aromatic heterocycles. The molecule has 0 spiro atoms. The standard InChI is InChI=1S/C15H19BrFNO/c1-9-3-6-14(10(2)7-9)18-15(19)12-5-4-11(16)8-13(12)17/h4-5,8-10,14H,3,6-7H2,1-2H3,(H,18,19). The van der Waals surface area contributed by atoms with Gasteiger partial charge in [0, 0.05) is 10.5 Å². The molecule has 1 saturated carbocycles. The Balaban J connectivity index is 2.04. The maximum atomic E-state index is 13.7. The summed E-state index contributed by atoms with van der Waals surface area (Å²) >= 11 is 3.19. The number of hydrogen-bond donors (Lipinski definition) is 1. The van der Waals surface area contributed by atoms with Crippen molar-refractivity contribution in [3.63, 3.8) is 0 Å². The zero-order chi connectivity index (χ0) is 14.0. The van der Waals surface area contributed by atoms with Crippen LogP contribution in [0.15, 0.2) is 22.7 Å². The SMILES string of the molecule is CC1CCC(NC(=O)c2ccc(Br)cc2F)C(C)C1. The molecule has 1 aromatic rings. The van der Waals surface area contributed by atoms with Gasteiger partial charge < -0.3 is 5.32 Å². The van der Waals surface area contributed by atoms with Gasteiger partial charge in [0.25, 0.3) is 5.91 Å². The Kier molecular flexibility index (Phi) is 4.61. The first kappa shape index (κ1) is 14.5. The van der Waals surface area contributed by atoms with Crippen molar-refractivity contribution in [3.05, 3.63) is 34.1 Å². The Morgan fingerprint density at radius 1 is 1.37 bits per heavy atom. The number of carbonyl (C=O) groups excluding carboxylic acids is 1. The van der Waals surface area contributed by atoms with Crippen LogP contribution < -0.4 is 5.32 Å². The first-order chi connectivity index (χ1) is 8.97. The van der Waals surface area contributed by atoms with Gasteiger partial charge in [0.05, 0.1) is 5.56 Å². The summed E-state index contributed by atoms with van der Waals surface area (Å²) in [5.74, 6) is 0.374. The quantitative estimate of drug-likeness (QED) is 0.868. The fourth-order valence-electron chi connectivity index (χ4n) is 2.80. The summed E-state index contributed by atoms with van der Waals surface area (Å²) in [6.45, 7) is 4.39. The predicted octanol–water partition coefficient (Wildman–Crippen LogP) is 4.14. The Hall–Kier alpha value is -0.900. The molecule has 0 aliphatic heterocycles. The van der Waals surface area contributed by atoms with E-state index >= 15 is 0 Å². The van der Waals surface area contributed by atoms with Gasteiger partial charge in [-0.05, 0) is 49.3 Å². The molecular weight excluding hydrogens is 309 g/mol. The van der Waals surface area contributed by atoms with Gasteiger partial charge in [-0.1, -0.05) is 29.8 Å². The monoisotopic (exact) mass is 327 g/mol. The van der Waals surface area contributed by atoms with Crippen molar-refractivity contribution in [1.82, 2.24) is 5.32 Å². The van der Waals surface area contributed by atoms with Crippen LogP contribution in [0.5, 0.6) is 0 Å². The van der Waals surface area contributed by atoms with Gasteiger partial charge in [-0.3, -0.25) is 4.79 Å². The molecule has 1 aromatic carbocycles. The van der Waals surface area contributed by atoms with Crippen molar-refractivity contribution in [2.75, 3.05) is 0 Å². The highest BCUT2D eigenvalue weighted by Crippen LogP contribution is 2.29. The highest BCUT2D eigenvalue weighted by molar-refractivity contribution is 9.10. The fourth-order valence-corrected chi connectivity index (χ4v) is 3.13. The number of benzene rings is 1. The van der Waals surface area contributed by atoms with E-state index in [1.165, 1.54) is 12.1 Å². The van der Waals surface area contributed by atoms with E-state index in [2.05, 4.69) is 35.1 Å². The molecule has 0 bridgehead atoms. The predicted molar refractivity (Wildman–Crippen MR) is 77.5 cm³/mol. The molecule has 1 N–H and O–H groups in total. The topological polar surface area (TPSA) is 29.1 Å². The van der Waals surface area contributed by atoms with E-state index < -0.39 is 5.82 Å². The molecule has 4 heteroatoms. The summed E-state index contributed by atoms with van der Waals surface area (Å²) in [5.41, 5.74) is 0.119. The van der Waals surface area contributed by atoms with Gasteiger partial charge in [0.15, 0.2) is 0 Å². The van der Waals surface area contributed by atoms with Crippen molar-refractivity contribution >= 4 is 21.8 Å². The lowest BCUT2D eigenvalue weighted by molar-refractivity contribution is 0.0895. The molecule has 3 atom stereocenters. The van der Waals surface area contributed by atoms with Crippen molar-refractivity contribution in [3.8, 4) is 0 Å². The fraction of sp³-hybridized carbons (Fsp3) is 0.533. The van der Waals surface area contributed by atoms with Crippen molar-refractivity contribution < 1.29 is 9.18 Å². The average Bonchev–Trinajstić information content (AvgIpc) is 2.32. The molecule has 1 amide bonds. The van der Waals surface area contributed by atoms with Crippen LogP contribution in [0.4, 0.5) is 4.39 Å². The van der Waals surface area contributed by atoms with Crippen molar-refractivity contribution in [2.24, 2.45) is 11.8 Å². The van der Waals surface area contributed by atoms with E-state index in [9.17, 15) is 9.18 Å². The van der Waals surface area contributed by atoms with Crippen LogP contribution in [-0.2, 0) is 0 Å². The maximum Gasteiger partial charge on any atom is 0.254 e. The number of nitrogens with one attached hydrogen (secondary N) is 1. The molecule has 0 radical (unpaired) electrons. The van der Waals surface area contributed by atoms with Crippen molar-refractivity contribution in [2.45, 2.75) is 39.2 Å². The van der Waals surface area contributed by atoms with E-state index in [1.54, 1.807) is 6.07 Å². The smallest absolute Gasteiger partial charge is 0.254 e. The summed E-state index contributed by atoms with van der Waals surface area (Å²) < 4.78 is 14.4. The second-order valence-electron chi connectivity index (χ2n) is 5.60. The van der Waals surface area contributed by atoms with Gasteiger partial charge >= 0.3 is 0 Å². The number of rotatable bonds is 2. The van der Waals surface area contributed by atoms with Crippen LogP contribution in [0, 0.1) is 17.7 Å². The van der Waals surface area contributed by atoms with Crippen molar-refractivity contribution in [1.29, 1.82) is 0 Å². The zero-order valence-electron chi connectivity index (χ0n) is 11.2. The molecular formula is C15H19BrFNO. The van der Waals surface area contributed by atoms with Crippen LogP contribution in [0.25, 0.3) is 0 Å². The van der Waals surface area contributed by atoms with Gasteiger partial charge in [-0.15, -0.1) is 0 Å². The van der Waals surface area contributed by atoms with Crippen LogP contribution in [0.1, 0.15) is 43.5 Å². The average molecular weight is 328 g/mol. The molecule has 3 unspecified atom stereocenters. The van der Waals surface area contributed by atoms with Gasteiger partial charge in [0.1, 0.15) is 5.82 Å². The lowest BCUT2D eigenvalue weighted by Crippen LogP contribution is -2.42. The lowest BCUT2D eigenvalue weighted by Gasteiger charge is -2.33. The third-order valence-electron chi connectivity index (χ3n) is 3.92. The normalized spacial score (nSPS) is 27.1. The van der Waals surface area contributed by atoms with Crippen LogP contribution in [-0.4, -0.2) is 11.9 Å². The van der Waals surface area contributed by atoms with E-state index in [4.69, 9.17) is 0 Å². The maximum absolute atomic E-state index is 13.7. The van der Waals surface area contributed by atoms with E-state index in [-0.39, 0.29) is 17.5 Å². The van der Waals surface area contributed by atoms with Gasteiger partial charge in [0.2, 0.25) is 0 Å². The second-order valence-corrected chi connectivity index (χ2v) is 6.52. The zero-order valence-corrected chi connectivity index (χ0v) is 12.8. The number of hydrogen-bond acceptors (Lipinski definition) is 1. The van der Waals surface area contributed by atoms with Crippen LogP contribution >= 0.6 is 15.9 Å². The molecule has 1 aliphatic rings. The first-order valence-corrected chi connectivity index (χ1v) is 7.52. The minimum absolute atomic E-state index is 0.119. The third-order valence-corrected chi connectivity index (χ3v) is 4.42. The van der Waals surface area contributed by atoms with Crippen LogP contribution in [0.3, 0.4) is 0 Å². The Labute approximate surface area is 121 Å². The summed E-state index contributed by atoms with van der Waals surface area (Å²) in [7, 11) is 0. The molecule has 2 nitrogen and oxygen atoms in total. The number of carbonyl (C=O) groups is 1. The van der Waals surface area contributed by atoms with Crippen LogP contribution in [0.2, 0.25) is 0 Å². The third kappa shape index (κ3) is 3.56. The van der Waals surface area contributed by atoms with E-state index in [1.807, 2.05) is 0 Å². The van der Waals surface area contributed by atoms with E-state index in [0.717, 1.165) is 19.3 Å². The van der Waals surface area contributed by atoms with E-state index in [0.29, 0.717) is 16.3 Å². The summed E-state index contributed by atoms with van der Waals surface area (Å²) in [5, 5.41) is 2.97. The molecule has 19 heavy (non-hydrogen) atoms. The minimum atomic E-state index is -0.483. The van der Waals surface area contributed by atoms with Gasteiger partial charge in [-0.2, -0.15) is 0 Å². The Bertz CT molecular complexity index is 477. The lowest BCUT2D eigenvalue weighted by atomic mass is 9.80. The largest absolute Gasteiger partial charge is 0.349 e. The summed E-state index contributed by atoms with van der Waals surface area (Å²) in [4.78, 5) is 12.1. The Morgan fingerprint density at radius 3 is 2.74 bits per heavy atom. The Morgan fingerprint density at radius 2 is 2.11 bits per heavy atom. The molecule has 1 fully saturated rings. The summed E-state index contributed by atoms with van der Waals surface area (Å²) in [6.07, 6.45) is 3.22. The highest BCUT2D eigenvalue weighted by Gasteiger charge is 2.27. The molecule has 0 saturated heterocycles. The number of halogens is 2.